The van der Waals surface area contributed by atoms with Crippen LogP contribution < -0.4 is 10.6 Å². The van der Waals surface area contributed by atoms with Crippen LogP contribution >= 0.6 is 0 Å². The Morgan fingerprint density at radius 2 is 1.87 bits per heavy atom. The topological polar surface area (TPSA) is 135 Å². The highest BCUT2D eigenvalue weighted by atomic mass is 16.4. The van der Waals surface area contributed by atoms with Gasteiger partial charge in [-0.2, -0.15) is 0 Å². The lowest BCUT2D eigenvalue weighted by molar-refractivity contribution is -0.135. The Morgan fingerprint density at radius 1 is 1.13 bits per heavy atom. The number of furan rings is 1. The SMILES string of the molecule is Cc1oc([C@H](CC(C)C)NC(=O)c2cc3ccccc3o2)nc1C(=O)NCC(=O)O. The van der Waals surface area contributed by atoms with E-state index in [0.29, 0.717) is 12.0 Å². The molecule has 0 fully saturated rings. The van der Waals surface area contributed by atoms with Crippen molar-refractivity contribution in [2.24, 2.45) is 5.92 Å². The van der Waals surface area contributed by atoms with Gasteiger partial charge in [0.05, 0.1) is 0 Å². The number of benzene rings is 1. The molecule has 0 aliphatic heterocycles. The predicted octanol–water partition coefficient (Wildman–Crippen LogP) is 3.06. The molecule has 0 spiro atoms. The summed E-state index contributed by atoms with van der Waals surface area (Å²) >= 11 is 0. The van der Waals surface area contributed by atoms with Crippen LogP contribution in [0.3, 0.4) is 0 Å². The maximum absolute atomic E-state index is 12.8. The fourth-order valence-electron chi connectivity index (χ4n) is 3.03. The number of aromatic nitrogens is 1. The monoisotopic (exact) mass is 413 g/mol. The molecule has 3 N–H and O–H groups in total. The molecule has 9 nitrogen and oxygen atoms in total. The van der Waals surface area contributed by atoms with E-state index >= 15 is 0 Å². The van der Waals surface area contributed by atoms with Crippen LogP contribution in [-0.2, 0) is 4.79 Å². The van der Waals surface area contributed by atoms with Crippen LogP contribution in [0, 0.1) is 12.8 Å². The number of rotatable bonds is 8. The second kappa shape index (κ2) is 8.81. The average Bonchev–Trinajstić information content (AvgIpc) is 3.28. The fraction of sp³-hybridized carbons (Fsp3) is 0.333. The lowest BCUT2D eigenvalue weighted by Crippen LogP contribution is -2.31. The first-order chi connectivity index (χ1) is 14.2. The second-order valence-corrected chi connectivity index (χ2v) is 7.34. The molecule has 1 atom stereocenters. The Hall–Kier alpha value is -3.62. The van der Waals surface area contributed by atoms with E-state index in [2.05, 4.69) is 15.6 Å². The summed E-state index contributed by atoms with van der Waals surface area (Å²) < 4.78 is 11.2. The first-order valence-electron chi connectivity index (χ1n) is 9.51. The van der Waals surface area contributed by atoms with Gasteiger partial charge in [-0.05, 0) is 31.4 Å². The van der Waals surface area contributed by atoms with Crippen molar-refractivity contribution in [1.29, 1.82) is 0 Å². The van der Waals surface area contributed by atoms with E-state index in [0.717, 1.165) is 5.39 Å². The molecule has 0 aliphatic carbocycles. The number of aliphatic carboxylic acids is 1. The third kappa shape index (κ3) is 4.86. The summed E-state index contributed by atoms with van der Waals surface area (Å²) in [5, 5.41) is 14.6. The van der Waals surface area contributed by atoms with Crippen molar-refractivity contribution < 1.29 is 28.3 Å². The molecule has 30 heavy (non-hydrogen) atoms. The zero-order valence-electron chi connectivity index (χ0n) is 16.9. The number of carboxylic acid groups (broad SMARTS) is 1. The lowest BCUT2D eigenvalue weighted by atomic mass is 10.0. The zero-order valence-corrected chi connectivity index (χ0v) is 16.9. The fourth-order valence-corrected chi connectivity index (χ4v) is 3.03. The summed E-state index contributed by atoms with van der Waals surface area (Å²) in [4.78, 5) is 39.8. The average molecular weight is 413 g/mol. The highest BCUT2D eigenvalue weighted by molar-refractivity contribution is 5.96. The van der Waals surface area contributed by atoms with Crippen molar-refractivity contribution in [3.05, 3.63) is 53.4 Å². The minimum atomic E-state index is -1.17. The molecule has 2 heterocycles. The van der Waals surface area contributed by atoms with Gasteiger partial charge in [0.2, 0.25) is 5.89 Å². The molecule has 2 amide bonds. The van der Waals surface area contributed by atoms with Gasteiger partial charge < -0.3 is 24.6 Å². The quantitative estimate of drug-likeness (QED) is 0.516. The van der Waals surface area contributed by atoms with Crippen LogP contribution in [0.5, 0.6) is 0 Å². The van der Waals surface area contributed by atoms with Gasteiger partial charge in [0.25, 0.3) is 11.8 Å². The molecule has 0 unspecified atom stereocenters. The van der Waals surface area contributed by atoms with Crippen LogP contribution in [0.2, 0.25) is 0 Å². The van der Waals surface area contributed by atoms with Gasteiger partial charge in [0.1, 0.15) is 23.9 Å². The summed E-state index contributed by atoms with van der Waals surface area (Å²) in [7, 11) is 0. The highest BCUT2D eigenvalue weighted by Gasteiger charge is 2.26. The zero-order chi connectivity index (χ0) is 21.8. The van der Waals surface area contributed by atoms with E-state index in [1.807, 2.05) is 32.0 Å². The second-order valence-electron chi connectivity index (χ2n) is 7.34. The van der Waals surface area contributed by atoms with Crippen LogP contribution in [0.25, 0.3) is 11.0 Å². The van der Waals surface area contributed by atoms with Crippen molar-refractivity contribution >= 4 is 28.8 Å². The van der Waals surface area contributed by atoms with Crippen LogP contribution in [-0.4, -0.2) is 34.4 Å². The van der Waals surface area contributed by atoms with E-state index in [-0.39, 0.29) is 29.0 Å². The third-order valence-electron chi connectivity index (χ3n) is 4.39. The number of para-hydroxylation sites is 1. The summed E-state index contributed by atoms with van der Waals surface area (Å²) in [6.45, 7) is 4.99. The van der Waals surface area contributed by atoms with E-state index in [1.54, 1.807) is 19.1 Å². The molecule has 0 aliphatic rings. The Kier molecular flexibility index (Phi) is 6.20. The summed E-state index contributed by atoms with van der Waals surface area (Å²) in [5.41, 5.74) is 0.588. The van der Waals surface area contributed by atoms with Crippen molar-refractivity contribution in [3.63, 3.8) is 0 Å². The first kappa shape index (κ1) is 21.1. The number of nitrogens with zero attached hydrogens (tertiary/aromatic N) is 1. The maximum Gasteiger partial charge on any atom is 0.322 e. The highest BCUT2D eigenvalue weighted by Crippen LogP contribution is 2.25. The van der Waals surface area contributed by atoms with Crippen molar-refractivity contribution in [3.8, 4) is 0 Å². The van der Waals surface area contributed by atoms with E-state index < -0.39 is 30.4 Å². The number of carboxylic acids is 1. The molecule has 3 aromatic rings. The number of aryl methyl sites for hydroxylation is 1. The lowest BCUT2D eigenvalue weighted by Gasteiger charge is -2.16. The smallest absolute Gasteiger partial charge is 0.322 e. The minimum absolute atomic E-state index is 0.0157. The van der Waals surface area contributed by atoms with Crippen LogP contribution in [0.15, 0.2) is 39.2 Å². The van der Waals surface area contributed by atoms with Crippen LogP contribution in [0.4, 0.5) is 0 Å². The predicted molar refractivity (Wildman–Crippen MR) is 107 cm³/mol. The van der Waals surface area contributed by atoms with E-state index in [4.69, 9.17) is 13.9 Å². The molecule has 3 rings (SSSR count). The van der Waals surface area contributed by atoms with Gasteiger partial charge in [0.15, 0.2) is 11.5 Å². The number of fused-ring (bicyclic) bond motifs is 1. The summed E-state index contributed by atoms with van der Waals surface area (Å²) in [6.07, 6.45) is 0.516. The maximum atomic E-state index is 12.8. The number of nitrogens with one attached hydrogen (secondary N) is 2. The minimum Gasteiger partial charge on any atom is -0.480 e. The molecule has 158 valence electrons. The molecule has 0 saturated heterocycles. The summed E-state index contributed by atoms with van der Waals surface area (Å²) in [5.74, 6) is -1.48. The van der Waals surface area contributed by atoms with Gasteiger partial charge in [-0.3, -0.25) is 14.4 Å². The van der Waals surface area contributed by atoms with Gasteiger partial charge in [-0.1, -0.05) is 32.0 Å². The number of oxazole rings is 1. The molecular weight excluding hydrogens is 390 g/mol. The van der Waals surface area contributed by atoms with E-state index in [1.165, 1.54) is 0 Å². The molecule has 2 aromatic heterocycles. The molecule has 0 saturated carbocycles. The molecule has 1 aromatic carbocycles. The Morgan fingerprint density at radius 3 is 2.53 bits per heavy atom. The van der Waals surface area contributed by atoms with Crippen LogP contribution in [0.1, 0.15) is 59.0 Å². The van der Waals surface area contributed by atoms with E-state index in [9.17, 15) is 14.4 Å². The van der Waals surface area contributed by atoms with Gasteiger partial charge in [-0.15, -0.1) is 0 Å². The third-order valence-corrected chi connectivity index (χ3v) is 4.39. The number of hydrogen-bond acceptors (Lipinski definition) is 6. The molecule has 9 heteroatoms. The normalized spacial score (nSPS) is 12.1. The van der Waals surface area contributed by atoms with Crippen molar-refractivity contribution in [1.82, 2.24) is 15.6 Å². The van der Waals surface area contributed by atoms with Crippen molar-refractivity contribution in [2.75, 3.05) is 6.54 Å². The van der Waals surface area contributed by atoms with Gasteiger partial charge in [0, 0.05) is 5.39 Å². The number of carbonyl (C=O) groups excluding carboxylic acids is 2. The Balaban J connectivity index is 1.82. The molecule has 0 radical (unpaired) electrons. The Labute approximate surface area is 172 Å². The first-order valence-corrected chi connectivity index (χ1v) is 9.51. The largest absolute Gasteiger partial charge is 0.480 e. The van der Waals surface area contributed by atoms with Gasteiger partial charge in [-0.25, -0.2) is 4.98 Å². The standard InChI is InChI=1S/C21H23N3O6/c1-11(2)8-14(21-24-18(12(3)29-21)20(28)22-10-17(25)26)23-19(27)16-9-13-6-4-5-7-15(13)30-16/h4-7,9,11,14H,8,10H2,1-3H3,(H,22,28)(H,23,27)(H,25,26)/t14-/m0/s1. The summed E-state index contributed by atoms with van der Waals surface area (Å²) in [6, 6.07) is 8.36. The number of carbonyl (C=O) groups is 3. The molecular formula is C21H23N3O6. The van der Waals surface area contributed by atoms with Gasteiger partial charge >= 0.3 is 5.97 Å². The number of amides is 2. The van der Waals surface area contributed by atoms with Crippen molar-refractivity contribution in [2.45, 2.75) is 33.2 Å². The molecule has 0 bridgehead atoms. The Bertz CT molecular complexity index is 1050. The number of hydrogen-bond donors (Lipinski definition) is 3.